The monoisotopic (exact) mass is 254 g/mol. The molecule has 0 saturated carbocycles. The fourth-order valence-electron chi connectivity index (χ4n) is 1.03. The van der Waals surface area contributed by atoms with Gasteiger partial charge in [-0.1, -0.05) is 24.0 Å². The van der Waals surface area contributed by atoms with Gasteiger partial charge >= 0.3 is 0 Å². The number of carbonyl (C=O) groups is 1. The van der Waals surface area contributed by atoms with Gasteiger partial charge in [-0.3, -0.25) is 9.78 Å². The molecule has 0 aliphatic rings. The quantitative estimate of drug-likeness (QED) is 0.608. The molecule has 0 aliphatic carbocycles. The van der Waals surface area contributed by atoms with Crippen molar-refractivity contribution in [2.75, 3.05) is 19.8 Å². The number of thioether (sulfide) groups is 1. The predicted molar refractivity (Wildman–Crippen MR) is 71.9 cm³/mol. The van der Waals surface area contributed by atoms with Crippen LogP contribution in [0, 0.1) is 0 Å². The molecule has 0 amide bonds. The topological polar surface area (TPSA) is 33.2 Å². The van der Waals surface area contributed by atoms with Crippen LogP contribution in [-0.2, 0) is 0 Å². The number of hydrogen-bond acceptors (Lipinski definition) is 4. The summed E-state index contributed by atoms with van der Waals surface area (Å²) in [4.78, 5) is 17.5. The van der Waals surface area contributed by atoms with Crippen LogP contribution in [0.25, 0.3) is 0 Å². The first-order chi connectivity index (χ1) is 7.61. The second-order valence-electron chi connectivity index (χ2n) is 3.42. The molecule has 0 aliphatic heterocycles. The van der Waals surface area contributed by atoms with E-state index in [0.29, 0.717) is 17.7 Å². The van der Waals surface area contributed by atoms with E-state index in [0.717, 1.165) is 4.32 Å². The Morgan fingerprint density at radius 2 is 2.31 bits per heavy atom. The average molecular weight is 254 g/mol. The van der Waals surface area contributed by atoms with Gasteiger partial charge in [-0.2, -0.15) is 0 Å². The van der Waals surface area contributed by atoms with Gasteiger partial charge in [0.15, 0.2) is 5.78 Å². The Morgan fingerprint density at radius 3 is 2.88 bits per heavy atom. The van der Waals surface area contributed by atoms with Gasteiger partial charge < -0.3 is 4.90 Å². The minimum Gasteiger partial charge on any atom is -0.364 e. The summed E-state index contributed by atoms with van der Waals surface area (Å²) in [6.07, 6.45) is 3.74. The van der Waals surface area contributed by atoms with Crippen LogP contribution >= 0.6 is 24.0 Å². The van der Waals surface area contributed by atoms with E-state index in [1.165, 1.54) is 11.8 Å². The summed E-state index contributed by atoms with van der Waals surface area (Å²) in [6.45, 7) is 0. The molecule has 1 aromatic heterocycles. The zero-order chi connectivity index (χ0) is 12.0. The smallest absolute Gasteiger partial charge is 0.165 e. The molecule has 0 unspecified atom stereocenters. The van der Waals surface area contributed by atoms with Crippen LogP contribution in [0.15, 0.2) is 24.5 Å². The van der Waals surface area contributed by atoms with Crippen LogP contribution in [-0.4, -0.2) is 39.8 Å². The lowest BCUT2D eigenvalue weighted by atomic mass is 10.1. The highest BCUT2D eigenvalue weighted by Crippen LogP contribution is 2.10. The number of hydrogen-bond donors (Lipinski definition) is 0. The number of rotatable bonds is 4. The number of Topliss-reactive ketones (excluding diaryl/α,β-unsaturated/α-hetero) is 1. The number of aromatic nitrogens is 1. The van der Waals surface area contributed by atoms with Crippen molar-refractivity contribution in [2.45, 2.75) is 6.42 Å². The highest BCUT2D eigenvalue weighted by molar-refractivity contribution is 8.22. The molecule has 1 aromatic rings. The first-order valence-electron chi connectivity index (χ1n) is 4.88. The minimum atomic E-state index is 0.113. The molecule has 5 heteroatoms. The van der Waals surface area contributed by atoms with Crippen molar-refractivity contribution in [2.24, 2.45) is 0 Å². The first kappa shape index (κ1) is 13.1. The molecule has 0 bridgehead atoms. The second kappa shape index (κ2) is 6.60. The molecular formula is C11H14N2OS2. The number of pyridine rings is 1. The Labute approximate surface area is 105 Å². The zero-order valence-corrected chi connectivity index (χ0v) is 11.0. The molecule has 0 fully saturated rings. The Balaban J connectivity index is 2.34. The average Bonchev–Trinajstić information content (AvgIpc) is 2.29. The van der Waals surface area contributed by atoms with E-state index in [1.807, 2.05) is 19.0 Å². The van der Waals surface area contributed by atoms with Gasteiger partial charge in [0.1, 0.15) is 4.32 Å². The molecule has 1 rings (SSSR count). The summed E-state index contributed by atoms with van der Waals surface area (Å²) < 4.78 is 0.805. The predicted octanol–water partition coefficient (Wildman–Crippen LogP) is 2.23. The molecule has 86 valence electrons. The van der Waals surface area contributed by atoms with E-state index in [1.54, 1.807) is 24.5 Å². The molecule has 3 nitrogen and oxygen atoms in total. The van der Waals surface area contributed by atoms with Gasteiger partial charge in [0.2, 0.25) is 0 Å². The molecule has 0 aromatic carbocycles. The number of carbonyl (C=O) groups excluding carboxylic acids is 1. The lowest BCUT2D eigenvalue weighted by molar-refractivity contribution is 0.0989. The van der Waals surface area contributed by atoms with Crippen LogP contribution in [0.2, 0.25) is 0 Å². The maximum absolute atomic E-state index is 11.7. The zero-order valence-electron chi connectivity index (χ0n) is 9.34. The van der Waals surface area contributed by atoms with Gasteiger partial charge in [0.05, 0.1) is 0 Å². The minimum absolute atomic E-state index is 0.113. The number of thiocarbonyl (C=S) groups is 1. The number of nitrogens with zero attached hydrogens (tertiary/aromatic N) is 2. The van der Waals surface area contributed by atoms with E-state index in [9.17, 15) is 4.79 Å². The Morgan fingerprint density at radius 1 is 1.56 bits per heavy atom. The van der Waals surface area contributed by atoms with E-state index < -0.39 is 0 Å². The van der Waals surface area contributed by atoms with Crippen molar-refractivity contribution in [1.29, 1.82) is 0 Å². The Bertz CT molecular complexity index is 366. The van der Waals surface area contributed by atoms with Crippen molar-refractivity contribution in [1.82, 2.24) is 9.88 Å². The summed E-state index contributed by atoms with van der Waals surface area (Å²) in [5, 5.41) is 0. The highest BCUT2D eigenvalue weighted by atomic mass is 32.2. The second-order valence-corrected chi connectivity index (χ2v) is 5.15. The summed E-state index contributed by atoms with van der Waals surface area (Å²) in [7, 11) is 3.80. The van der Waals surface area contributed by atoms with Crippen LogP contribution < -0.4 is 0 Å². The highest BCUT2D eigenvalue weighted by Gasteiger charge is 2.06. The van der Waals surface area contributed by atoms with Crippen LogP contribution in [0.3, 0.4) is 0 Å². The third-order valence-electron chi connectivity index (χ3n) is 1.90. The summed E-state index contributed by atoms with van der Waals surface area (Å²) in [5.74, 6) is 0.826. The normalized spacial score (nSPS) is 9.88. The van der Waals surface area contributed by atoms with E-state index in [4.69, 9.17) is 12.2 Å². The van der Waals surface area contributed by atoms with Crippen molar-refractivity contribution in [3.05, 3.63) is 30.1 Å². The molecule has 1 heterocycles. The summed E-state index contributed by atoms with van der Waals surface area (Å²) in [6, 6.07) is 3.55. The maximum atomic E-state index is 11.7. The standard InChI is InChI=1S/C11H14N2OS2/c1-13(2)11(15)16-7-5-10(14)9-4-3-6-12-8-9/h3-4,6,8H,5,7H2,1-2H3. The SMILES string of the molecule is CN(C)C(=S)SCCC(=O)c1cccnc1. The lowest BCUT2D eigenvalue weighted by Gasteiger charge is -2.11. The largest absolute Gasteiger partial charge is 0.364 e. The van der Waals surface area contributed by atoms with Gasteiger partial charge in [-0.15, -0.1) is 0 Å². The molecule has 0 N–H and O–H groups in total. The van der Waals surface area contributed by atoms with E-state index in [-0.39, 0.29) is 5.78 Å². The van der Waals surface area contributed by atoms with Gasteiger partial charge in [-0.25, -0.2) is 0 Å². The van der Waals surface area contributed by atoms with E-state index in [2.05, 4.69) is 4.98 Å². The Kier molecular flexibility index (Phi) is 5.42. The molecule has 0 radical (unpaired) electrons. The summed E-state index contributed by atoms with van der Waals surface area (Å²) >= 11 is 6.64. The number of ketones is 1. The fraction of sp³-hybridized carbons (Fsp3) is 0.364. The first-order valence-corrected chi connectivity index (χ1v) is 6.28. The lowest BCUT2D eigenvalue weighted by Crippen LogP contribution is -2.16. The molecule has 0 spiro atoms. The van der Waals surface area contributed by atoms with Crippen molar-refractivity contribution < 1.29 is 4.79 Å². The van der Waals surface area contributed by atoms with Crippen molar-refractivity contribution in [3.63, 3.8) is 0 Å². The van der Waals surface area contributed by atoms with Gasteiger partial charge in [-0.05, 0) is 12.1 Å². The van der Waals surface area contributed by atoms with Crippen molar-refractivity contribution >= 4 is 34.1 Å². The summed E-state index contributed by atoms with van der Waals surface area (Å²) in [5.41, 5.74) is 0.666. The third kappa shape index (κ3) is 4.28. The van der Waals surface area contributed by atoms with Crippen LogP contribution in [0.5, 0.6) is 0 Å². The van der Waals surface area contributed by atoms with Gasteiger partial charge in [0, 0.05) is 44.2 Å². The molecule has 0 atom stereocenters. The van der Waals surface area contributed by atoms with Crippen LogP contribution in [0.1, 0.15) is 16.8 Å². The van der Waals surface area contributed by atoms with Crippen LogP contribution in [0.4, 0.5) is 0 Å². The third-order valence-corrected chi connectivity index (χ3v) is 3.64. The van der Waals surface area contributed by atoms with Crippen molar-refractivity contribution in [3.8, 4) is 0 Å². The molecule has 0 saturated heterocycles. The Hall–Kier alpha value is -0.940. The molecule has 16 heavy (non-hydrogen) atoms. The fourth-order valence-corrected chi connectivity index (χ4v) is 2.00. The van der Waals surface area contributed by atoms with Gasteiger partial charge in [0.25, 0.3) is 0 Å². The van der Waals surface area contributed by atoms with E-state index >= 15 is 0 Å². The molecular weight excluding hydrogens is 240 g/mol. The maximum Gasteiger partial charge on any atom is 0.165 e.